The van der Waals surface area contributed by atoms with Gasteiger partial charge in [-0.15, -0.1) is 0 Å². The molecule has 0 radical (unpaired) electrons. The standard InChI is InChI=1S/C34H44FN9O2/c1-22-18-28(31(35)32(37-22)23-20-36-41(3)21-23)33(46)39-34-38-29-19-26(6-9-30(29)44(34)25-4-7-27(45)8-5-25)42-12-10-24(11-13-42)43-16-14-40(2)15-17-43/h6,9,18-21,24-25,27,45H,4-5,7-8,10-17H2,1-3H3,(H,38,39,46). The number of carbonyl (C=O) groups is 1. The summed E-state index contributed by atoms with van der Waals surface area (Å²) in [7, 11) is 3.95. The lowest BCUT2D eigenvalue weighted by molar-refractivity contribution is 0.0982. The van der Waals surface area contributed by atoms with Crippen LogP contribution in [-0.4, -0.2) is 104 Å². The van der Waals surface area contributed by atoms with Crippen LogP contribution in [-0.2, 0) is 7.05 Å². The van der Waals surface area contributed by atoms with Crippen LogP contribution in [0.4, 0.5) is 16.0 Å². The smallest absolute Gasteiger partial charge is 0.261 e. The zero-order valence-corrected chi connectivity index (χ0v) is 27.0. The third kappa shape index (κ3) is 6.13. The van der Waals surface area contributed by atoms with Gasteiger partial charge in [0.15, 0.2) is 5.82 Å². The van der Waals surface area contributed by atoms with E-state index in [4.69, 9.17) is 4.98 Å². The number of aryl methyl sites for hydroxylation is 2. The van der Waals surface area contributed by atoms with E-state index in [1.54, 1.807) is 24.9 Å². The van der Waals surface area contributed by atoms with Crippen molar-refractivity contribution >= 4 is 28.6 Å². The predicted octanol–water partition coefficient (Wildman–Crippen LogP) is 4.22. The summed E-state index contributed by atoms with van der Waals surface area (Å²) in [4.78, 5) is 30.5. The Kier molecular flexibility index (Phi) is 8.51. The number of imidazole rings is 1. The molecular weight excluding hydrogens is 585 g/mol. The highest BCUT2D eigenvalue weighted by molar-refractivity contribution is 6.05. The number of nitrogens with one attached hydrogen (secondary N) is 1. The Hall–Kier alpha value is -3.87. The topological polar surface area (TPSA) is 108 Å². The van der Waals surface area contributed by atoms with Gasteiger partial charge in [-0.1, -0.05) is 0 Å². The Morgan fingerprint density at radius 3 is 2.37 bits per heavy atom. The molecule has 3 aliphatic rings. The highest BCUT2D eigenvalue weighted by Crippen LogP contribution is 2.36. The molecule has 7 rings (SSSR count). The molecule has 2 N–H and O–H groups in total. The van der Waals surface area contributed by atoms with E-state index >= 15 is 4.39 Å². The fourth-order valence-corrected chi connectivity index (χ4v) is 7.46. The van der Waals surface area contributed by atoms with Gasteiger partial charge < -0.3 is 19.5 Å². The van der Waals surface area contributed by atoms with E-state index in [-0.39, 0.29) is 23.4 Å². The van der Waals surface area contributed by atoms with E-state index in [9.17, 15) is 9.90 Å². The Labute approximate surface area is 269 Å². The Morgan fingerprint density at radius 1 is 0.935 bits per heavy atom. The lowest BCUT2D eigenvalue weighted by atomic mass is 9.93. The Balaban J connectivity index is 1.16. The first-order valence-electron chi connectivity index (χ1n) is 16.6. The van der Waals surface area contributed by atoms with Crippen LogP contribution in [0, 0.1) is 12.7 Å². The molecule has 1 amide bonds. The minimum Gasteiger partial charge on any atom is -0.393 e. The zero-order valence-electron chi connectivity index (χ0n) is 27.0. The summed E-state index contributed by atoms with van der Waals surface area (Å²) in [5.74, 6) is -0.877. The maximum Gasteiger partial charge on any atom is 0.261 e. The van der Waals surface area contributed by atoms with Crippen molar-refractivity contribution in [1.82, 2.24) is 34.1 Å². The van der Waals surface area contributed by atoms with Crippen molar-refractivity contribution in [2.45, 2.75) is 63.6 Å². The van der Waals surface area contributed by atoms with Crippen LogP contribution < -0.4 is 10.2 Å². The fraction of sp³-hybridized carbons (Fsp3) is 0.529. The molecule has 244 valence electrons. The highest BCUT2D eigenvalue weighted by Gasteiger charge is 2.29. The van der Waals surface area contributed by atoms with Gasteiger partial charge in [-0.25, -0.2) is 14.4 Å². The predicted molar refractivity (Wildman–Crippen MR) is 177 cm³/mol. The number of rotatable bonds is 6. The lowest BCUT2D eigenvalue weighted by Crippen LogP contribution is -2.52. The lowest BCUT2D eigenvalue weighted by Gasteiger charge is -2.42. The third-order valence-corrected chi connectivity index (χ3v) is 10.1. The van der Waals surface area contributed by atoms with E-state index in [2.05, 4.69) is 59.9 Å². The highest BCUT2D eigenvalue weighted by atomic mass is 19.1. The molecule has 0 atom stereocenters. The van der Waals surface area contributed by atoms with Gasteiger partial charge in [0, 0.05) is 81.5 Å². The summed E-state index contributed by atoms with van der Waals surface area (Å²) in [6.07, 6.45) is 8.08. The Bertz CT molecular complexity index is 1710. The number of pyridine rings is 1. The number of hydrogen-bond acceptors (Lipinski definition) is 8. The molecule has 4 aromatic rings. The van der Waals surface area contributed by atoms with Gasteiger partial charge in [-0.05, 0) is 76.8 Å². The molecule has 0 spiro atoms. The van der Waals surface area contributed by atoms with E-state index in [1.807, 2.05) is 0 Å². The van der Waals surface area contributed by atoms with E-state index in [1.165, 1.54) is 12.3 Å². The number of amides is 1. The average molecular weight is 630 g/mol. The molecule has 0 unspecified atom stereocenters. The average Bonchev–Trinajstić information content (AvgIpc) is 3.65. The number of piperidine rings is 1. The molecule has 12 heteroatoms. The maximum absolute atomic E-state index is 15.8. The van der Waals surface area contributed by atoms with Crippen LogP contribution in [0.2, 0.25) is 0 Å². The van der Waals surface area contributed by atoms with Crippen molar-refractivity contribution in [3.63, 3.8) is 0 Å². The molecule has 1 saturated carbocycles. The second-order valence-electron chi connectivity index (χ2n) is 13.3. The van der Waals surface area contributed by atoms with Crippen LogP contribution >= 0.6 is 0 Å². The van der Waals surface area contributed by atoms with Gasteiger partial charge >= 0.3 is 0 Å². The van der Waals surface area contributed by atoms with Crippen molar-refractivity contribution in [2.75, 3.05) is 56.5 Å². The first-order chi connectivity index (χ1) is 22.2. The molecule has 5 heterocycles. The van der Waals surface area contributed by atoms with Crippen LogP contribution in [0.5, 0.6) is 0 Å². The van der Waals surface area contributed by atoms with E-state index in [0.29, 0.717) is 36.1 Å². The summed E-state index contributed by atoms with van der Waals surface area (Å²) in [6.45, 7) is 8.29. The van der Waals surface area contributed by atoms with Crippen molar-refractivity contribution in [1.29, 1.82) is 0 Å². The quantitative estimate of drug-likeness (QED) is 0.327. The molecule has 46 heavy (non-hydrogen) atoms. The van der Waals surface area contributed by atoms with Gasteiger partial charge in [0.1, 0.15) is 5.69 Å². The van der Waals surface area contributed by atoms with Gasteiger partial charge in [-0.3, -0.25) is 19.7 Å². The minimum atomic E-state index is -0.693. The number of benzene rings is 1. The second kappa shape index (κ2) is 12.7. The molecule has 2 saturated heterocycles. The van der Waals surface area contributed by atoms with Crippen LogP contribution in [0.3, 0.4) is 0 Å². The van der Waals surface area contributed by atoms with Crippen molar-refractivity contribution in [2.24, 2.45) is 7.05 Å². The largest absolute Gasteiger partial charge is 0.393 e. The van der Waals surface area contributed by atoms with E-state index in [0.717, 1.165) is 81.7 Å². The normalized spacial score (nSPS) is 22.1. The van der Waals surface area contributed by atoms with Crippen LogP contribution in [0.25, 0.3) is 22.3 Å². The van der Waals surface area contributed by atoms with Gasteiger partial charge in [0.2, 0.25) is 5.95 Å². The first-order valence-corrected chi connectivity index (χ1v) is 16.6. The first kappa shape index (κ1) is 30.8. The SMILES string of the molecule is Cc1cc(C(=O)Nc2nc3cc(N4CCC(N5CCN(C)CC5)CC4)ccc3n2C2CCC(O)CC2)c(F)c(-c2cnn(C)c2)n1. The molecule has 1 aromatic carbocycles. The molecule has 11 nitrogen and oxygen atoms in total. The number of aliphatic hydroxyl groups excluding tert-OH is 1. The van der Waals surface area contributed by atoms with Crippen LogP contribution in [0.15, 0.2) is 36.7 Å². The summed E-state index contributed by atoms with van der Waals surface area (Å²) in [6, 6.07) is 8.54. The summed E-state index contributed by atoms with van der Waals surface area (Å²) >= 11 is 0. The molecule has 3 aromatic heterocycles. The van der Waals surface area contributed by atoms with Crippen molar-refractivity contribution < 1.29 is 14.3 Å². The maximum atomic E-state index is 15.8. The number of hydrogen-bond donors (Lipinski definition) is 2. The molecule has 2 aliphatic heterocycles. The summed E-state index contributed by atoms with van der Waals surface area (Å²) in [5, 5.41) is 17.3. The number of aliphatic hydroxyl groups is 1. The van der Waals surface area contributed by atoms with Crippen LogP contribution in [0.1, 0.15) is 60.6 Å². The van der Waals surface area contributed by atoms with E-state index < -0.39 is 11.7 Å². The summed E-state index contributed by atoms with van der Waals surface area (Å²) in [5.41, 5.74) is 3.88. The second-order valence-corrected chi connectivity index (χ2v) is 13.3. The number of likely N-dealkylation sites (N-methyl/N-ethyl adjacent to an activating group) is 1. The third-order valence-electron chi connectivity index (χ3n) is 10.1. The number of piperazine rings is 1. The molecule has 1 aliphatic carbocycles. The number of halogens is 1. The van der Waals surface area contributed by atoms with Gasteiger partial charge in [0.05, 0.1) is 28.9 Å². The minimum absolute atomic E-state index is 0.0591. The fourth-order valence-electron chi connectivity index (χ4n) is 7.46. The zero-order chi connectivity index (χ0) is 31.9. The van der Waals surface area contributed by atoms with Gasteiger partial charge in [0.25, 0.3) is 5.91 Å². The van der Waals surface area contributed by atoms with Gasteiger partial charge in [-0.2, -0.15) is 5.10 Å². The monoisotopic (exact) mass is 629 g/mol. The summed E-state index contributed by atoms with van der Waals surface area (Å²) < 4.78 is 19.5. The number of aromatic nitrogens is 5. The molecule has 0 bridgehead atoms. The molecule has 3 fully saturated rings. The van der Waals surface area contributed by atoms with Crippen molar-refractivity contribution in [3.8, 4) is 11.3 Å². The Morgan fingerprint density at radius 2 is 1.67 bits per heavy atom. The number of nitrogens with zero attached hydrogens (tertiary/aromatic N) is 8. The molecular formula is C34H44FN9O2. The number of fused-ring (bicyclic) bond motifs is 1. The van der Waals surface area contributed by atoms with Crippen molar-refractivity contribution in [3.05, 3.63) is 53.7 Å². The number of anilines is 2. The number of carbonyl (C=O) groups excluding carboxylic acids is 1.